The maximum Gasteiger partial charge on any atom is 0.191 e. The van der Waals surface area contributed by atoms with E-state index >= 15 is 0 Å². The van der Waals surface area contributed by atoms with Crippen molar-refractivity contribution in [1.82, 2.24) is 24.9 Å². The van der Waals surface area contributed by atoms with Gasteiger partial charge in [0.05, 0.1) is 12.2 Å². The molecule has 6 nitrogen and oxygen atoms in total. The van der Waals surface area contributed by atoms with E-state index < -0.39 is 0 Å². The first-order valence-electron chi connectivity index (χ1n) is 9.24. The molecule has 0 unspecified atom stereocenters. The lowest BCUT2D eigenvalue weighted by Gasteiger charge is -2.30. The Morgan fingerprint density at radius 3 is 2.52 bits per heavy atom. The Bertz CT molecular complexity index is 720. The highest BCUT2D eigenvalue weighted by atomic mass is 127. The van der Waals surface area contributed by atoms with E-state index in [0.29, 0.717) is 18.6 Å². The average molecular weight is 551 g/mol. The minimum atomic E-state index is 0. The van der Waals surface area contributed by atoms with E-state index in [1.54, 1.807) is 7.05 Å². The third-order valence-corrected chi connectivity index (χ3v) is 4.81. The lowest BCUT2D eigenvalue weighted by Crippen LogP contribution is -2.41. The fourth-order valence-electron chi connectivity index (χ4n) is 3.08. The molecule has 2 aromatic rings. The second kappa shape index (κ2) is 11.9. The number of nitrogens with one attached hydrogen (secondary N) is 2. The van der Waals surface area contributed by atoms with E-state index in [-0.39, 0.29) is 24.0 Å². The number of pyridine rings is 1. The van der Waals surface area contributed by atoms with Gasteiger partial charge < -0.3 is 15.0 Å². The van der Waals surface area contributed by atoms with Gasteiger partial charge in [0, 0.05) is 49.1 Å². The van der Waals surface area contributed by atoms with Crippen LogP contribution in [0.15, 0.2) is 34.0 Å². The summed E-state index contributed by atoms with van der Waals surface area (Å²) in [6.45, 7) is 11.6. The summed E-state index contributed by atoms with van der Waals surface area (Å²) >= 11 is 3.48. The van der Waals surface area contributed by atoms with Gasteiger partial charge in [-0.3, -0.25) is 9.89 Å². The van der Waals surface area contributed by atoms with Gasteiger partial charge in [0.1, 0.15) is 5.65 Å². The first kappa shape index (κ1) is 24.2. The van der Waals surface area contributed by atoms with E-state index in [1.165, 1.54) is 0 Å². The fraction of sp³-hybridized carbons (Fsp3) is 0.579. The van der Waals surface area contributed by atoms with Crippen LogP contribution in [0.5, 0.6) is 0 Å². The van der Waals surface area contributed by atoms with Crippen molar-refractivity contribution in [2.45, 2.75) is 52.7 Å². The van der Waals surface area contributed by atoms with Crippen LogP contribution in [-0.4, -0.2) is 52.5 Å². The molecule has 8 heteroatoms. The van der Waals surface area contributed by atoms with Crippen LogP contribution in [0, 0.1) is 0 Å². The standard InChI is InChI=1S/C19H31BrN6.HI/c1-14(2)26(15(3)4)10-6-9-22-19(21-5)23-11-17-13-25-12-16(20)7-8-18(25)24-17;/h7-8,12-15H,6,9-11H2,1-5H3,(H2,21,22,23);1H. The highest BCUT2D eigenvalue weighted by Crippen LogP contribution is 2.12. The number of hydrogen-bond donors (Lipinski definition) is 2. The van der Waals surface area contributed by atoms with Crippen molar-refractivity contribution in [3.05, 3.63) is 34.7 Å². The van der Waals surface area contributed by atoms with Gasteiger partial charge in [-0.1, -0.05) is 0 Å². The smallest absolute Gasteiger partial charge is 0.191 e. The number of guanidine groups is 1. The highest BCUT2D eigenvalue weighted by Gasteiger charge is 2.12. The molecule has 0 saturated carbocycles. The Morgan fingerprint density at radius 1 is 1.19 bits per heavy atom. The molecule has 2 aromatic heterocycles. The van der Waals surface area contributed by atoms with Crippen molar-refractivity contribution in [3.63, 3.8) is 0 Å². The molecule has 0 radical (unpaired) electrons. The number of rotatable bonds is 8. The van der Waals surface area contributed by atoms with Crippen LogP contribution in [-0.2, 0) is 6.54 Å². The number of hydrogen-bond acceptors (Lipinski definition) is 3. The Balaban J connectivity index is 0.00000364. The second-order valence-corrected chi connectivity index (χ2v) is 7.89. The number of aromatic nitrogens is 2. The van der Waals surface area contributed by atoms with E-state index in [1.807, 2.05) is 28.9 Å². The molecule has 2 heterocycles. The van der Waals surface area contributed by atoms with Crippen LogP contribution in [0.1, 0.15) is 39.8 Å². The van der Waals surface area contributed by atoms with E-state index in [2.05, 4.69) is 69.1 Å². The van der Waals surface area contributed by atoms with Gasteiger partial charge >= 0.3 is 0 Å². The minimum absolute atomic E-state index is 0. The Labute approximate surface area is 188 Å². The van der Waals surface area contributed by atoms with Crippen LogP contribution in [0.2, 0.25) is 0 Å². The summed E-state index contributed by atoms with van der Waals surface area (Å²) in [5.74, 6) is 0.809. The van der Waals surface area contributed by atoms with Crippen molar-refractivity contribution < 1.29 is 0 Å². The zero-order valence-corrected chi connectivity index (χ0v) is 20.8. The molecule has 0 bridgehead atoms. The number of halogens is 2. The van der Waals surface area contributed by atoms with Gasteiger partial charge in [-0.15, -0.1) is 24.0 Å². The number of aliphatic imine (C=N–C) groups is 1. The third kappa shape index (κ3) is 7.57. The normalized spacial score (nSPS) is 12.1. The molecule has 2 rings (SSSR count). The minimum Gasteiger partial charge on any atom is -0.356 e. The molecule has 27 heavy (non-hydrogen) atoms. The van der Waals surface area contributed by atoms with E-state index in [0.717, 1.165) is 41.3 Å². The van der Waals surface area contributed by atoms with Gasteiger partial charge in [-0.2, -0.15) is 0 Å². The van der Waals surface area contributed by atoms with Gasteiger partial charge in [-0.25, -0.2) is 4.98 Å². The largest absolute Gasteiger partial charge is 0.356 e. The van der Waals surface area contributed by atoms with Gasteiger partial charge in [0.25, 0.3) is 0 Å². The van der Waals surface area contributed by atoms with Crippen molar-refractivity contribution >= 4 is 51.5 Å². The molecular weight excluding hydrogens is 519 g/mol. The Kier molecular flexibility index (Phi) is 10.6. The zero-order chi connectivity index (χ0) is 19.1. The molecular formula is C19H32BrIN6. The predicted molar refractivity (Wildman–Crippen MR) is 128 cm³/mol. The molecule has 0 aliphatic rings. The second-order valence-electron chi connectivity index (χ2n) is 6.98. The molecule has 0 aliphatic carbocycles. The van der Waals surface area contributed by atoms with Crippen LogP contribution in [0.3, 0.4) is 0 Å². The van der Waals surface area contributed by atoms with Crippen LogP contribution < -0.4 is 10.6 Å². The first-order chi connectivity index (χ1) is 12.4. The van der Waals surface area contributed by atoms with E-state index in [4.69, 9.17) is 0 Å². The van der Waals surface area contributed by atoms with Gasteiger partial charge in [0.15, 0.2) is 5.96 Å². The zero-order valence-electron chi connectivity index (χ0n) is 16.9. The summed E-state index contributed by atoms with van der Waals surface area (Å²) in [5.41, 5.74) is 1.92. The lowest BCUT2D eigenvalue weighted by atomic mass is 10.2. The molecule has 0 aromatic carbocycles. The average Bonchev–Trinajstić information content (AvgIpc) is 2.98. The van der Waals surface area contributed by atoms with Crippen molar-refractivity contribution in [3.8, 4) is 0 Å². The summed E-state index contributed by atoms with van der Waals surface area (Å²) in [5, 5.41) is 6.72. The van der Waals surface area contributed by atoms with Crippen LogP contribution >= 0.6 is 39.9 Å². The van der Waals surface area contributed by atoms with Crippen molar-refractivity contribution in [1.29, 1.82) is 0 Å². The van der Waals surface area contributed by atoms with Crippen molar-refractivity contribution in [2.75, 3.05) is 20.1 Å². The molecule has 152 valence electrons. The first-order valence-corrected chi connectivity index (χ1v) is 10.0. The molecule has 0 aliphatic heterocycles. The van der Waals surface area contributed by atoms with Crippen LogP contribution in [0.4, 0.5) is 0 Å². The monoisotopic (exact) mass is 550 g/mol. The maximum absolute atomic E-state index is 4.61. The molecule has 0 saturated heterocycles. The quantitative estimate of drug-likeness (QED) is 0.227. The summed E-state index contributed by atoms with van der Waals surface area (Å²) in [6.07, 6.45) is 5.12. The number of nitrogens with zero attached hydrogens (tertiary/aromatic N) is 4. The third-order valence-electron chi connectivity index (χ3n) is 4.34. The fourth-order valence-corrected chi connectivity index (χ4v) is 3.43. The molecule has 0 fully saturated rings. The summed E-state index contributed by atoms with van der Waals surface area (Å²) in [4.78, 5) is 11.4. The van der Waals surface area contributed by atoms with Gasteiger partial charge in [0.2, 0.25) is 0 Å². The summed E-state index contributed by atoms with van der Waals surface area (Å²) in [6, 6.07) is 5.14. The molecule has 0 atom stereocenters. The van der Waals surface area contributed by atoms with Gasteiger partial charge in [-0.05, 0) is 62.2 Å². The molecule has 0 amide bonds. The maximum atomic E-state index is 4.61. The Hall–Kier alpha value is -0.870. The summed E-state index contributed by atoms with van der Waals surface area (Å²) in [7, 11) is 1.80. The summed E-state index contributed by atoms with van der Waals surface area (Å²) < 4.78 is 3.06. The predicted octanol–water partition coefficient (Wildman–Crippen LogP) is 3.89. The van der Waals surface area contributed by atoms with E-state index in [9.17, 15) is 0 Å². The Morgan fingerprint density at radius 2 is 1.89 bits per heavy atom. The number of fused-ring (bicyclic) bond motifs is 1. The lowest BCUT2D eigenvalue weighted by molar-refractivity contribution is 0.173. The molecule has 0 spiro atoms. The highest BCUT2D eigenvalue weighted by molar-refractivity contribution is 14.0. The number of imidazole rings is 1. The van der Waals surface area contributed by atoms with Crippen molar-refractivity contribution in [2.24, 2.45) is 4.99 Å². The van der Waals surface area contributed by atoms with Crippen LogP contribution in [0.25, 0.3) is 5.65 Å². The molecule has 2 N–H and O–H groups in total. The SMILES string of the molecule is CN=C(NCCCN(C(C)C)C(C)C)NCc1cn2cc(Br)ccc2n1.I. The topological polar surface area (TPSA) is 57.0 Å².